The molecule has 0 atom stereocenters. The third kappa shape index (κ3) is 2.64. The van der Waals surface area contributed by atoms with Crippen molar-refractivity contribution in [3.8, 4) is 0 Å². The topological polar surface area (TPSA) is 50.9 Å². The number of nitrogens with two attached hydrogens (primary N) is 1. The molecule has 0 spiro atoms. The van der Waals surface area contributed by atoms with Crippen molar-refractivity contribution in [3.63, 3.8) is 0 Å². The van der Waals surface area contributed by atoms with E-state index in [1.807, 2.05) is 12.1 Å². The Bertz CT molecular complexity index is 440. The maximum absolute atomic E-state index is 5.69. The number of hydrogen-bond acceptors (Lipinski definition) is 3. The summed E-state index contributed by atoms with van der Waals surface area (Å²) in [6.07, 6.45) is 7.39. The van der Waals surface area contributed by atoms with E-state index in [1.165, 1.54) is 25.7 Å². The molecule has 3 rings (SSSR count). The van der Waals surface area contributed by atoms with Crippen molar-refractivity contribution in [2.24, 2.45) is 23.5 Å². The molecule has 3 nitrogen and oxygen atoms in total. The van der Waals surface area contributed by atoms with Crippen LogP contribution in [0.15, 0.2) is 18.3 Å². The fourth-order valence-corrected chi connectivity index (χ4v) is 2.90. The molecule has 0 saturated heterocycles. The molecule has 2 fully saturated rings. The largest absolute Gasteiger partial charge is 0.388 e. The van der Waals surface area contributed by atoms with Crippen LogP contribution < -0.4 is 11.1 Å². The van der Waals surface area contributed by atoms with Crippen molar-refractivity contribution in [2.75, 3.05) is 11.9 Å². The molecule has 2 saturated carbocycles. The van der Waals surface area contributed by atoms with Crippen molar-refractivity contribution in [1.82, 2.24) is 4.98 Å². The number of thiocarbonyl (C=S) groups is 1. The molecule has 3 N–H and O–H groups in total. The van der Waals surface area contributed by atoms with E-state index >= 15 is 0 Å². The van der Waals surface area contributed by atoms with Gasteiger partial charge in [0.05, 0.1) is 5.69 Å². The van der Waals surface area contributed by atoms with Crippen molar-refractivity contribution in [2.45, 2.75) is 25.7 Å². The van der Waals surface area contributed by atoms with Gasteiger partial charge in [0.25, 0.3) is 0 Å². The number of nitrogens with zero attached hydrogens (tertiary/aromatic N) is 1. The van der Waals surface area contributed by atoms with E-state index in [1.54, 1.807) is 6.20 Å². The summed E-state index contributed by atoms with van der Waals surface area (Å²) in [5.74, 6) is 2.74. The van der Waals surface area contributed by atoms with Gasteiger partial charge in [-0.2, -0.15) is 0 Å². The van der Waals surface area contributed by atoms with Gasteiger partial charge in [0.1, 0.15) is 10.7 Å². The molecule has 1 heterocycles. The Hall–Kier alpha value is -1.16. The minimum absolute atomic E-state index is 0.368. The molecule has 96 valence electrons. The number of pyridine rings is 1. The van der Waals surface area contributed by atoms with Gasteiger partial charge in [-0.15, -0.1) is 0 Å². The van der Waals surface area contributed by atoms with E-state index in [-0.39, 0.29) is 0 Å². The molecule has 0 bridgehead atoms. The van der Waals surface area contributed by atoms with Crippen LogP contribution in [0.25, 0.3) is 0 Å². The lowest BCUT2D eigenvalue weighted by Crippen LogP contribution is -2.21. The van der Waals surface area contributed by atoms with Crippen LogP contribution >= 0.6 is 12.2 Å². The highest BCUT2D eigenvalue weighted by atomic mass is 32.1. The summed E-state index contributed by atoms with van der Waals surface area (Å²) in [7, 11) is 0. The summed E-state index contributed by atoms with van der Waals surface area (Å²) in [4.78, 5) is 4.62. The summed E-state index contributed by atoms with van der Waals surface area (Å²) in [5, 5.41) is 3.51. The molecule has 18 heavy (non-hydrogen) atoms. The third-order valence-corrected chi connectivity index (χ3v) is 4.22. The van der Waals surface area contributed by atoms with E-state index in [9.17, 15) is 0 Å². The second-order valence-electron chi connectivity index (χ2n) is 5.48. The minimum atomic E-state index is 0.368. The Morgan fingerprint density at radius 1 is 1.39 bits per heavy atom. The van der Waals surface area contributed by atoms with E-state index in [4.69, 9.17) is 18.0 Å². The molecule has 0 aromatic carbocycles. The molecule has 0 radical (unpaired) electrons. The van der Waals surface area contributed by atoms with Crippen molar-refractivity contribution >= 4 is 22.9 Å². The lowest BCUT2D eigenvalue weighted by molar-refractivity contribution is 0.428. The molecule has 0 unspecified atom stereocenters. The van der Waals surface area contributed by atoms with E-state index in [2.05, 4.69) is 10.3 Å². The van der Waals surface area contributed by atoms with Gasteiger partial charge in [0.2, 0.25) is 0 Å². The van der Waals surface area contributed by atoms with E-state index in [0.29, 0.717) is 4.99 Å². The highest BCUT2D eigenvalue weighted by Crippen LogP contribution is 2.49. The summed E-state index contributed by atoms with van der Waals surface area (Å²) in [6, 6.07) is 3.94. The summed E-state index contributed by atoms with van der Waals surface area (Å²) < 4.78 is 0. The van der Waals surface area contributed by atoms with Gasteiger partial charge in [0.15, 0.2) is 0 Å². The second-order valence-corrected chi connectivity index (χ2v) is 5.92. The first-order valence-corrected chi connectivity index (χ1v) is 7.15. The molecular weight excluding hydrogens is 242 g/mol. The fourth-order valence-electron chi connectivity index (χ4n) is 2.74. The highest BCUT2D eigenvalue weighted by molar-refractivity contribution is 7.80. The first-order valence-electron chi connectivity index (χ1n) is 6.74. The summed E-state index contributed by atoms with van der Waals surface area (Å²) >= 11 is 5.03. The van der Waals surface area contributed by atoms with Crippen LogP contribution in [0.3, 0.4) is 0 Å². The van der Waals surface area contributed by atoms with Crippen LogP contribution in [-0.4, -0.2) is 16.5 Å². The maximum Gasteiger partial charge on any atom is 0.124 e. The number of anilines is 1. The standard InChI is InChI=1S/C14H19N3S/c15-14(18)13-12(2-1-7-16-13)17-8-11(9-3-4-9)10-5-6-10/h1-2,7,9-11,17H,3-6,8H2,(H2,15,18). The van der Waals surface area contributed by atoms with Gasteiger partial charge in [-0.1, -0.05) is 12.2 Å². The normalized spacial score (nSPS) is 18.9. The van der Waals surface area contributed by atoms with Crippen LogP contribution in [0.2, 0.25) is 0 Å². The monoisotopic (exact) mass is 261 g/mol. The molecule has 1 aromatic heterocycles. The van der Waals surface area contributed by atoms with Gasteiger partial charge in [-0.25, -0.2) is 0 Å². The quantitative estimate of drug-likeness (QED) is 0.773. The highest BCUT2D eigenvalue weighted by Gasteiger charge is 2.41. The Kier molecular flexibility index (Phi) is 3.20. The van der Waals surface area contributed by atoms with Gasteiger partial charge in [-0.3, -0.25) is 4.98 Å². The number of hydrogen-bond donors (Lipinski definition) is 2. The Morgan fingerprint density at radius 2 is 2.06 bits per heavy atom. The van der Waals surface area contributed by atoms with Crippen molar-refractivity contribution in [3.05, 3.63) is 24.0 Å². The lowest BCUT2D eigenvalue weighted by atomic mass is 9.98. The Labute approximate surface area is 113 Å². The van der Waals surface area contributed by atoms with Crippen LogP contribution in [0.5, 0.6) is 0 Å². The first kappa shape index (κ1) is 11.9. The van der Waals surface area contributed by atoms with Crippen LogP contribution in [-0.2, 0) is 0 Å². The lowest BCUT2D eigenvalue weighted by Gasteiger charge is -2.18. The van der Waals surface area contributed by atoms with Crippen molar-refractivity contribution < 1.29 is 0 Å². The summed E-state index contributed by atoms with van der Waals surface area (Å²) in [5.41, 5.74) is 7.40. The number of rotatable bonds is 6. The average Bonchev–Trinajstić information content (AvgIpc) is 3.24. The van der Waals surface area contributed by atoms with Gasteiger partial charge in [-0.05, 0) is 55.6 Å². The van der Waals surface area contributed by atoms with Crippen LogP contribution in [0.1, 0.15) is 31.4 Å². The van der Waals surface area contributed by atoms with Crippen LogP contribution in [0.4, 0.5) is 5.69 Å². The Morgan fingerprint density at radius 3 is 2.61 bits per heavy atom. The van der Waals surface area contributed by atoms with Crippen molar-refractivity contribution in [1.29, 1.82) is 0 Å². The molecule has 0 amide bonds. The zero-order valence-electron chi connectivity index (χ0n) is 10.4. The molecule has 4 heteroatoms. The smallest absolute Gasteiger partial charge is 0.124 e. The molecular formula is C14H19N3S. The van der Waals surface area contributed by atoms with Crippen LogP contribution in [0, 0.1) is 17.8 Å². The van der Waals surface area contributed by atoms with Gasteiger partial charge in [0, 0.05) is 12.7 Å². The van der Waals surface area contributed by atoms with E-state index in [0.717, 1.165) is 35.7 Å². The zero-order chi connectivity index (χ0) is 12.5. The summed E-state index contributed by atoms with van der Waals surface area (Å²) in [6.45, 7) is 1.04. The molecule has 2 aliphatic rings. The second kappa shape index (κ2) is 4.84. The van der Waals surface area contributed by atoms with Gasteiger partial charge >= 0.3 is 0 Å². The minimum Gasteiger partial charge on any atom is -0.388 e. The van der Waals surface area contributed by atoms with Gasteiger partial charge < -0.3 is 11.1 Å². The molecule has 2 aliphatic carbocycles. The molecule has 1 aromatic rings. The zero-order valence-corrected chi connectivity index (χ0v) is 11.2. The third-order valence-electron chi connectivity index (χ3n) is 4.02. The first-order chi connectivity index (χ1) is 8.75. The number of nitrogens with one attached hydrogen (secondary N) is 1. The number of aromatic nitrogens is 1. The average molecular weight is 261 g/mol. The Balaban J connectivity index is 1.66. The fraction of sp³-hybridized carbons (Fsp3) is 0.571. The van der Waals surface area contributed by atoms with E-state index < -0.39 is 0 Å². The predicted molar refractivity (Wildman–Crippen MR) is 77.6 cm³/mol. The molecule has 0 aliphatic heterocycles. The maximum atomic E-state index is 5.69. The predicted octanol–water partition coefficient (Wildman–Crippen LogP) is 2.56. The SMILES string of the molecule is NC(=S)c1ncccc1NCC(C1CC1)C1CC1.